The van der Waals surface area contributed by atoms with Crippen molar-refractivity contribution in [2.45, 2.75) is 96.8 Å². The zero-order valence-electron chi connectivity index (χ0n) is 18.9. The first-order valence-corrected chi connectivity index (χ1v) is 13.4. The van der Waals surface area contributed by atoms with Crippen molar-refractivity contribution < 1.29 is 23.2 Å². The largest absolute Gasteiger partial charge is 0.491 e. The topological polar surface area (TPSA) is 65.0 Å². The Morgan fingerprint density at radius 3 is 1.67 bits per heavy atom. The smallest absolute Gasteiger partial charge is 0.472 e. The van der Waals surface area contributed by atoms with Gasteiger partial charge in [0, 0.05) is 0 Å². The van der Waals surface area contributed by atoms with Gasteiger partial charge in [0.25, 0.3) is 0 Å². The molecule has 0 heterocycles. The molecule has 1 N–H and O–H groups in total. The molecule has 0 fully saturated rings. The molecule has 0 spiro atoms. The highest BCUT2D eigenvalue weighted by Gasteiger charge is 2.20. The number of para-hydroxylation sites is 1. The number of rotatable bonds is 21. The fourth-order valence-electron chi connectivity index (χ4n) is 3.34. The lowest BCUT2D eigenvalue weighted by atomic mass is 10.0. The number of ether oxygens (including phenoxy) is 1. The predicted molar refractivity (Wildman–Crippen MR) is 124 cm³/mol. The zero-order chi connectivity index (χ0) is 21.8. The van der Waals surface area contributed by atoms with Gasteiger partial charge in [0.1, 0.15) is 12.4 Å². The maximum Gasteiger partial charge on any atom is 0.472 e. The van der Waals surface area contributed by atoms with Gasteiger partial charge < -0.3 is 9.63 Å². The molecule has 174 valence electrons. The summed E-state index contributed by atoms with van der Waals surface area (Å²) < 4.78 is 27.2. The van der Waals surface area contributed by atoms with Crippen molar-refractivity contribution >= 4 is 7.82 Å². The van der Waals surface area contributed by atoms with Crippen LogP contribution < -0.4 is 4.74 Å². The Kier molecular flexibility index (Phi) is 17.1. The first kappa shape index (κ1) is 27.2. The van der Waals surface area contributed by atoms with E-state index in [0.29, 0.717) is 5.75 Å². The summed E-state index contributed by atoms with van der Waals surface area (Å²) in [6, 6.07) is 9.28. The summed E-state index contributed by atoms with van der Waals surface area (Å²) in [5.74, 6) is 0.706. The Labute approximate surface area is 184 Å². The fourth-order valence-corrected chi connectivity index (χ4v) is 4.08. The van der Waals surface area contributed by atoms with Crippen molar-refractivity contribution in [1.29, 1.82) is 0 Å². The third kappa shape index (κ3) is 16.9. The molecule has 0 aliphatic heterocycles. The van der Waals surface area contributed by atoms with E-state index >= 15 is 0 Å². The van der Waals surface area contributed by atoms with Gasteiger partial charge in [-0.1, -0.05) is 109 Å². The third-order valence-electron chi connectivity index (χ3n) is 5.10. The summed E-state index contributed by atoms with van der Waals surface area (Å²) in [7, 11) is -3.98. The van der Waals surface area contributed by atoms with E-state index in [9.17, 15) is 9.46 Å². The molecule has 0 saturated carbocycles. The van der Waals surface area contributed by atoms with E-state index in [1.54, 1.807) is 0 Å². The summed E-state index contributed by atoms with van der Waals surface area (Å²) in [4.78, 5) is 9.67. The average molecular weight is 443 g/mol. The van der Waals surface area contributed by atoms with Crippen LogP contribution >= 0.6 is 7.82 Å². The molecule has 5 nitrogen and oxygen atoms in total. The second-order valence-electron chi connectivity index (χ2n) is 7.89. The van der Waals surface area contributed by atoms with Crippen molar-refractivity contribution in [3.05, 3.63) is 30.3 Å². The van der Waals surface area contributed by atoms with Crippen LogP contribution in [-0.4, -0.2) is 24.7 Å². The SMILES string of the molecule is CCCCCCCCCCCCCCCCOP(=O)(O)OCCOc1ccccc1. The quantitative estimate of drug-likeness (QED) is 0.156. The Morgan fingerprint density at radius 2 is 1.13 bits per heavy atom. The van der Waals surface area contributed by atoms with E-state index in [1.807, 2.05) is 30.3 Å². The maximum absolute atomic E-state index is 11.8. The second-order valence-corrected chi connectivity index (χ2v) is 9.35. The molecule has 0 amide bonds. The van der Waals surface area contributed by atoms with Crippen LogP contribution in [0.25, 0.3) is 0 Å². The molecule has 0 aliphatic carbocycles. The minimum Gasteiger partial charge on any atom is -0.491 e. The van der Waals surface area contributed by atoms with Gasteiger partial charge in [-0.25, -0.2) is 4.57 Å². The van der Waals surface area contributed by atoms with E-state index in [4.69, 9.17) is 13.8 Å². The molecule has 1 aromatic carbocycles. The molecule has 1 unspecified atom stereocenters. The number of hydrogen-bond acceptors (Lipinski definition) is 4. The number of phosphoric ester groups is 1. The Bertz CT molecular complexity index is 538. The third-order valence-corrected chi connectivity index (χ3v) is 6.12. The van der Waals surface area contributed by atoms with Crippen LogP contribution in [0.5, 0.6) is 5.75 Å². The molecule has 1 atom stereocenters. The van der Waals surface area contributed by atoms with Crippen LogP contribution in [0.15, 0.2) is 30.3 Å². The summed E-state index contributed by atoms with van der Waals surface area (Å²) in [6.45, 7) is 2.74. The van der Waals surface area contributed by atoms with Crippen LogP contribution in [0, 0.1) is 0 Å². The highest BCUT2D eigenvalue weighted by molar-refractivity contribution is 7.47. The van der Waals surface area contributed by atoms with Crippen molar-refractivity contribution in [1.82, 2.24) is 0 Å². The lowest BCUT2D eigenvalue weighted by Gasteiger charge is -2.12. The molecule has 6 heteroatoms. The van der Waals surface area contributed by atoms with Gasteiger partial charge in [-0.05, 0) is 18.6 Å². The molecule has 30 heavy (non-hydrogen) atoms. The first-order chi connectivity index (χ1) is 14.6. The molecule has 1 rings (SSSR count). The van der Waals surface area contributed by atoms with Gasteiger partial charge in [0.2, 0.25) is 0 Å². The molecule has 0 aromatic heterocycles. The lowest BCUT2D eigenvalue weighted by molar-refractivity contribution is 0.127. The minimum absolute atomic E-state index is 0.0153. The average Bonchev–Trinajstić information content (AvgIpc) is 2.75. The molecule has 1 aromatic rings. The van der Waals surface area contributed by atoms with Crippen LogP contribution in [0.3, 0.4) is 0 Å². The van der Waals surface area contributed by atoms with Gasteiger partial charge in [0.05, 0.1) is 13.2 Å². The van der Waals surface area contributed by atoms with Crippen molar-refractivity contribution in [2.75, 3.05) is 19.8 Å². The van der Waals surface area contributed by atoms with Crippen LogP contribution in [0.2, 0.25) is 0 Å². The minimum atomic E-state index is -3.98. The summed E-state index contributed by atoms with van der Waals surface area (Å²) in [6.07, 6.45) is 17.9. The van der Waals surface area contributed by atoms with Crippen molar-refractivity contribution in [3.63, 3.8) is 0 Å². The molecule has 0 aliphatic rings. The Balaban J connectivity index is 1.83. The molecule has 0 radical (unpaired) electrons. The number of phosphoric acid groups is 1. The highest BCUT2D eigenvalue weighted by Crippen LogP contribution is 2.43. The van der Waals surface area contributed by atoms with Gasteiger partial charge in [-0.15, -0.1) is 0 Å². The van der Waals surface area contributed by atoms with E-state index < -0.39 is 7.82 Å². The maximum atomic E-state index is 11.8. The zero-order valence-corrected chi connectivity index (χ0v) is 19.8. The van der Waals surface area contributed by atoms with E-state index in [2.05, 4.69) is 6.92 Å². The van der Waals surface area contributed by atoms with E-state index in [-0.39, 0.29) is 19.8 Å². The van der Waals surface area contributed by atoms with Crippen molar-refractivity contribution in [3.8, 4) is 5.75 Å². The Morgan fingerprint density at radius 1 is 0.667 bits per heavy atom. The van der Waals surface area contributed by atoms with E-state index in [1.165, 1.54) is 70.6 Å². The number of unbranched alkanes of at least 4 members (excludes halogenated alkanes) is 13. The molecule has 0 bridgehead atoms. The fraction of sp³-hybridized carbons (Fsp3) is 0.750. The number of hydrogen-bond donors (Lipinski definition) is 1. The van der Waals surface area contributed by atoms with Crippen LogP contribution in [0.4, 0.5) is 0 Å². The summed E-state index contributed by atoms with van der Waals surface area (Å²) in [5, 5.41) is 0. The van der Waals surface area contributed by atoms with E-state index in [0.717, 1.165) is 19.3 Å². The first-order valence-electron chi connectivity index (χ1n) is 11.9. The monoisotopic (exact) mass is 442 g/mol. The molecular weight excluding hydrogens is 399 g/mol. The normalized spacial score (nSPS) is 13.3. The van der Waals surface area contributed by atoms with Crippen LogP contribution in [-0.2, 0) is 13.6 Å². The second kappa shape index (κ2) is 18.9. The summed E-state index contributed by atoms with van der Waals surface area (Å²) in [5.41, 5.74) is 0. The van der Waals surface area contributed by atoms with Gasteiger partial charge in [-0.2, -0.15) is 0 Å². The number of benzene rings is 1. The summed E-state index contributed by atoms with van der Waals surface area (Å²) >= 11 is 0. The van der Waals surface area contributed by atoms with Crippen molar-refractivity contribution in [2.24, 2.45) is 0 Å². The lowest BCUT2D eigenvalue weighted by Crippen LogP contribution is -2.07. The predicted octanol–water partition coefficient (Wildman–Crippen LogP) is 7.68. The van der Waals surface area contributed by atoms with Gasteiger partial charge in [-0.3, -0.25) is 9.05 Å². The molecule has 0 saturated heterocycles. The Hall–Kier alpha value is -0.870. The van der Waals surface area contributed by atoms with Gasteiger partial charge in [0.15, 0.2) is 0 Å². The van der Waals surface area contributed by atoms with Gasteiger partial charge >= 0.3 is 7.82 Å². The molecular formula is C24H43O5P. The standard InChI is InChI=1S/C24H43O5P/c1-2-3-4-5-6-7-8-9-10-11-12-13-14-18-21-28-30(25,26)29-23-22-27-24-19-16-15-17-20-24/h15-17,19-20H,2-14,18,21-23H2,1H3,(H,25,26). The van der Waals surface area contributed by atoms with Crippen LogP contribution in [0.1, 0.15) is 96.8 Å². The highest BCUT2D eigenvalue weighted by atomic mass is 31.2.